The van der Waals surface area contributed by atoms with Crippen molar-refractivity contribution in [2.45, 2.75) is 13.5 Å². The molecule has 7 nitrogen and oxygen atoms in total. The second kappa shape index (κ2) is 10.1. The molecule has 0 aliphatic rings. The Labute approximate surface area is 196 Å². The van der Waals surface area contributed by atoms with Crippen LogP contribution in [0, 0.1) is 0 Å². The van der Waals surface area contributed by atoms with Crippen LogP contribution in [0.1, 0.15) is 18.2 Å². The van der Waals surface area contributed by atoms with E-state index in [9.17, 15) is 9.59 Å². The smallest absolute Gasteiger partial charge is 0.246 e. The van der Waals surface area contributed by atoms with Gasteiger partial charge in [-0.15, -0.1) is 11.3 Å². The Hall–Kier alpha value is -4.04. The normalized spacial score (nSPS) is 11.0. The van der Waals surface area contributed by atoms with Crippen LogP contribution in [-0.2, 0) is 16.1 Å². The molecule has 0 fully saturated rings. The van der Waals surface area contributed by atoms with Crippen LogP contribution in [0.2, 0.25) is 0 Å². The molecular weight excluding hydrogens is 434 g/mol. The van der Waals surface area contributed by atoms with Crippen molar-refractivity contribution in [1.82, 2.24) is 19.7 Å². The maximum atomic E-state index is 12.6. The average Bonchev–Trinajstić information content (AvgIpc) is 3.48. The Morgan fingerprint density at radius 2 is 1.76 bits per heavy atom. The number of thiazole rings is 1. The standard InChI is InChI=1S/C25H23N5O2S/c1-19(31)30(23-11-7-4-8-12-23)25-27-21(18-33-25)13-14-24(32)28(2)16-20-15-26-29(17-20)22-9-5-3-6-10-22/h3-15,17-18H,16H2,1-2H3. The van der Waals surface area contributed by atoms with E-state index in [1.165, 1.54) is 24.3 Å². The molecule has 0 aliphatic heterocycles. The summed E-state index contributed by atoms with van der Waals surface area (Å²) in [6, 6.07) is 19.2. The fourth-order valence-electron chi connectivity index (χ4n) is 3.26. The van der Waals surface area contributed by atoms with Crippen molar-refractivity contribution in [2.24, 2.45) is 0 Å². The number of benzene rings is 2. The van der Waals surface area contributed by atoms with Crippen molar-refractivity contribution in [2.75, 3.05) is 11.9 Å². The number of para-hydroxylation sites is 2. The van der Waals surface area contributed by atoms with Crippen LogP contribution < -0.4 is 4.90 Å². The molecule has 0 unspecified atom stereocenters. The van der Waals surface area contributed by atoms with Crippen LogP contribution in [0.3, 0.4) is 0 Å². The quantitative estimate of drug-likeness (QED) is 0.378. The summed E-state index contributed by atoms with van der Waals surface area (Å²) in [5.41, 5.74) is 3.27. The molecule has 0 radical (unpaired) electrons. The second-order valence-electron chi connectivity index (χ2n) is 7.40. The number of carbonyl (C=O) groups excluding carboxylic acids is 2. The Kier molecular flexibility index (Phi) is 6.75. The molecule has 4 rings (SSSR count). The molecule has 8 heteroatoms. The largest absolute Gasteiger partial charge is 0.338 e. The van der Waals surface area contributed by atoms with Gasteiger partial charge in [-0.05, 0) is 30.3 Å². The Bertz CT molecular complexity index is 1260. The molecule has 0 spiro atoms. The molecule has 0 saturated heterocycles. The average molecular weight is 458 g/mol. The highest BCUT2D eigenvalue weighted by atomic mass is 32.1. The summed E-state index contributed by atoms with van der Waals surface area (Å²) in [4.78, 5) is 32.5. The van der Waals surface area contributed by atoms with Gasteiger partial charge >= 0.3 is 0 Å². The van der Waals surface area contributed by atoms with Crippen LogP contribution >= 0.6 is 11.3 Å². The van der Waals surface area contributed by atoms with Crippen LogP contribution in [-0.4, -0.2) is 38.5 Å². The minimum Gasteiger partial charge on any atom is -0.338 e. The van der Waals surface area contributed by atoms with E-state index < -0.39 is 0 Å². The van der Waals surface area contributed by atoms with E-state index in [1.54, 1.807) is 33.8 Å². The number of hydrogen-bond donors (Lipinski definition) is 0. The number of aromatic nitrogens is 3. The van der Waals surface area contributed by atoms with Gasteiger partial charge in [0.2, 0.25) is 11.8 Å². The number of likely N-dealkylation sites (N-methyl/N-ethyl adjacent to an activating group) is 1. The van der Waals surface area contributed by atoms with Gasteiger partial charge in [-0.3, -0.25) is 14.5 Å². The van der Waals surface area contributed by atoms with Crippen molar-refractivity contribution in [3.05, 3.63) is 95.8 Å². The van der Waals surface area contributed by atoms with Crippen LogP contribution in [0.4, 0.5) is 10.8 Å². The molecule has 0 N–H and O–H groups in total. The number of nitrogens with zero attached hydrogens (tertiary/aromatic N) is 5. The van der Waals surface area contributed by atoms with Crippen LogP contribution in [0.25, 0.3) is 11.8 Å². The molecule has 2 heterocycles. The lowest BCUT2D eigenvalue weighted by atomic mass is 10.3. The highest BCUT2D eigenvalue weighted by molar-refractivity contribution is 7.14. The first-order chi connectivity index (χ1) is 16.0. The highest BCUT2D eigenvalue weighted by Crippen LogP contribution is 2.29. The van der Waals surface area contributed by atoms with E-state index in [2.05, 4.69) is 10.1 Å². The van der Waals surface area contributed by atoms with Gasteiger partial charge in [0.25, 0.3) is 0 Å². The predicted molar refractivity (Wildman–Crippen MR) is 130 cm³/mol. The maximum absolute atomic E-state index is 12.6. The van der Waals surface area contributed by atoms with E-state index in [-0.39, 0.29) is 11.8 Å². The number of rotatable bonds is 7. The van der Waals surface area contributed by atoms with E-state index in [0.717, 1.165) is 16.9 Å². The number of carbonyl (C=O) groups is 2. The van der Waals surface area contributed by atoms with Gasteiger partial charge in [0.05, 0.1) is 23.3 Å². The lowest BCUT2D eigenvalue weighted by molar-refractivity contribution is -0.125. The van der Waals surface area contributed by atoms with E-state index >= 15 is 0 Å². The zero-order valence-electron chi connectivity index (χ0n) is 18.3. The van der Waals surface area contributed by atoms with Gasteiger partial charge in [0.1, 0.15) is 0 Å². The molecule has 2 aromatic carbocycles. The zero-order chi connectivity index (χ0) is 23.2. The van der Waals surface area contributed by atoms with Gasteiger partial charge in [0, 0.05) is 43.7 Å². The summed E-state index contributed by atoms with van der Waals surface area (Å²) >= 11 is 1.35. The lowest BCUT2D eigenvalue weighted by Crippen LogP contribution is -2.23. The van der Waals surface area contributed by atoms with Gasteiger partial charge in [0.15, 0.2) is 5.13 Å². The second-order valence-corrected chi connectivity index (χ2v) is 8.24. The summed E-state index contributed by atoms with van der Waals surface area (Å²) in [5.74, 6) is -0.276. The van der Waals surface area contributed by atoms with Crippen LogP contribution in [0.5, 0.6) is 0 Å². The topological polar surface area (TPSA) is 71.3 Å². The lowest BCUT2D eigenvalue weighted by Gasteiger charge is -2.17. The summed E-state index contributed by atoms with van der Waals surface area (Å²) in [7, 11) is 1.74. The van der Waals surface area contributed by atoms with E-state index in [1.807, 2.05) is 72.2 Å². The fourth-order valence-corrected chi connectivity index (χ4v) is 4.11. The zero-order valence-corrected chi connectivity index (χ0v) is 19.1. The first kappa shape index (κ1) is 22.2. The van der Waals surface area contributed by atoms with Gasteiger partial charge in [-0.2, -0.15) is 5.10 Å². The van der Waals surface area contributed by atoms with Gasteiger partial charge < -0.3 is 4.90 Å². The van der Waals surface area contributed by atoms with Crippen molar-refractivity contribution in [3.63, 3.8) is 0 Å². The number of hydrogen-bond acceptors (Lipinski definition) is 5. The van der Waals surface area contributed by atoms with Crippen molar-refractivity contribution in [3.8, 4) is 5.69 Å². The molecule has 33 heavy (non-hydrogen) atoms. The molecule has 2 amide bonds. The van der Waals surface area contributed by atoms with E-state index in [4.69, 9.17) is 0 Å². The van der Waals surface area contributed by atoms with Crippen molar-refractivity contribution in [1.29, 1.82) is 0 Å². The summed E-state index contributed by atoms with van der Waals surface area (Å²) < 4.78 is 1.79. The third kappa shape index (κ3) is 5.42. The third-order valence-electron chi connectivity index (χ3n) is 4.88. The first-order valence-electron chi connectivity index (χ1n) is 10.3. The van der Waals surface area contributed by atoms with E-state index in [0.29, 0.717) is 17.4 Å². The molecular formula is C25H23N5O2S. The minimum absolute atomic E-state index is 0.127. The van der Waals surface area contributed by atoms with Crippen molar-refractivity contribution < 1.29 is 9.59 Å². The Morgan fingerprint density at radius 1 is 1.06 bits per heavy atom. The summed E-state index contributed by atoms with van der Waals surface area (Å²) in [6.07, 6.45) is 6.82. The molecule has 0 aliphatic carbocycles. The fraction of sp³-hybridized carbons (Fsp3) is 0.120. The summed E-state index contributed by atoms with van der Waals surface area (Å²) in [5, 5.41) is 6.75. The minimum atomic E-state index is -0.150. The molecule has 2 aromatic heterocycles. The summed E-state index contributed by atoms with van der Waals surface area (Å²) in [6.45, 7) is 1.94. The predicted octanol–water partition coefficient (Wildman–Crippen LogP) is 4.69. The molecule has 0 saturated carbocycles. The maximum Gasteiger partial charge on any atom is 0.246 e. The Morgan fingerprint density at radius 3 is 2.45 bits per heavy atom. The molecule has 166 valence electrons. The molecule has 0 bridgehead atoms. The van der Waals surface area contributed by atoms with Crippen LogP contribution in [0.15, 0.2) is 84.5 Å². The Balaban J connectivity index is 1.40. The van der Waals surface area contributed by atoms with Gasteiger partial charge in [-0.1, -0.05) is 36.4 Å². The number of amides is 2. The first-order valence-corrected chi connectivity index (χ1v) is 11.2. The highest BCUT2D eigenvalue weighted by Gasteiger charge is 2.17. The monoisotopic (exact) mass is 457 g/mol. The SMILES string of the molecule is CC(=O)N(c1ccccc1)c1nc(C=CC(=O)N(C)Cc2cnn(-c3ccccc3)c2)cs1. The van der Waals surface area contributed by atoms with Gasteiger partial charge in [-0.25, -0.2) is 9.67 Å². The molecule has 0 atom stereocenters. The molecule has 4 aromatic rings. The third-order valence-corrected chi connectivity index (χ3v) is 5.72. The number of anilines is 2. The van der Waals surface area contributed by atoms with Crippen molar-refractivity contribution >= 4 is 40.0 Å².